The lowest BCUT2D eigenvalue weighted by molar-refractivity contribution is -0.161. The number of hydrogen-bond acceptors (Lipinski definition) is 15. The van der Waals surface area contributed by atoms with Gasteiger partial charge in [0.15, 0.2) is 12.2 Å². The van der Waals surface area contributed by atoms with Crippen LogP contribution in [0.25, 0.3) is 0 Å². The van der Waals surface area contributed by atoms with Crippen molar-refractivity contribution in [2.24, 2.45) is 0 Å². The van der Waals surface area contributed by atoms with E-state index < -0.39 is 97.5 Å². The largest absolute Gasteiger partial charge is 0.472 e. The molecule has 2 unspecified atom stereocenters. The fourth-order valence-electron chi connectivity index (χ4n) is 11.6. The van der Waals surface area contributed by atoms with E-state index in [1.807, 2.05) is 0 Å². The molecule has 0 heterocycles. The Kier molecular flexibility index (Phi) is 73.6. The zero-order chi connectivity index (χ0) is 74.6. The minimum Gasteiger partial charge on any atom is -0.462 e. The van der Waals surface area contributed by atoms with Crippen LogP contribution in [0.15, 0.2) is 60.8 Å². The molecule has 0 radical (unpaired) electrons. The van der Waals surface area contributed by atoms with Crippen LogP contribution in [0.1, 0.15) is 387 Å². The van der Waals surface area contributed by atoms with Crippen molar-refractivity contribution in [3.63, 3.8) is 0 Å². The third-order valence-electron chi connectivity index (χ3n) is 18.0. The highest BCUT2D eigenvalue weighted by molar-refractivity contribution is 7.47. The Morgan fingerprint density at radius 2 is 0.480 bits per heavy atom. The second-order valence-corrected chi connectivity index (χ2v) is 31.0. The number of aliphatic hydroxyl groups is 1. The molecular weight excluding hydrogens is 1330 g/mol. The van der Waals surface area contributed by atoms with E-state index in [0.717, 1.165) is 154 Å². The van der Waals surface area contributed by atoms with Crippen LogP contribution in [0.5, 0.6) is 0 Å². The molecule has 0 aliphatic rings. The first-order valence-electron chi connectivity index (χ1n) is 41.5. The minimum absolute atomic E-state index is 0.0812. The van der Waals surface area contributed by atoms with Gasteiger partial charge in [0.25, 0.3) is 0 Å². The number of carbonyl (C=O) groups excluding carboxylic acids is 4. The summed E-state index contributed by atoms with van der Waals surface area (Å²) in [6, 6.07) is 0. The average Bonchev–Trinajstić information content (AvgIpc) is 1.12. The van der Waals surface area contributed by atoms with E-state index >= 15 is 0 Å². The van der Waals surface area contributed by atoms with Gasteiger partial charge < -0.3 is 33.8 Å². The molecule has 0 fully saturated rings. The molecule has 0 aromatic carbocycles. The summed E-state index contributed by atoms with van der Waals surface area (Å²) in [4.78, 5) is 73.1. The summed E-state index contributed by atoms with van der Waals surface area (Å²) in [6.07, 6.45) is 76.1. The standard InChI is InChI=1S/C83H152O17P2/c1-5-9-13-17-21-25-29-33-37-38-42-46-50-54-58-62-66-70-83(88)100-79(74-94-81(86)68-64-60-56-52-48-44-40-35-31-27-23-19-15-11-7-3)76-98-102(91,92)96-72-77(84)71-95-101(89,90)97-75-78(99-82(87)69-65-61-57-53-49-45-41-36-32-28-24-20-16-12-8-4)73-93-80(85)67-63-59-55-51-47-43-39-34-30-26-22-18-14-10-6-2/h23-24,27-28,34-36,39-41,77-79,84H,5-22,25-26,29-33,37-38,42-76H2,1-4H3,(H,89,90)(H,91,92)/b27-23-,28-24-,39-34-,40-35-,41-36-/t77-,78+,79+/m0/s1. The first kappa shape index (κ1) is 98.8. The number of phosphoric acid groups is 2. The van der Waals surface area contributed by atoms with Crippen molar-refractivity contribution in [2.45, 2.75) is 406 Å². The molecule has 0 aliphatic carbocycles. The molecule has 0 saturated heterocycles. The molecule has 596 valence electrons. The number of phosphoric ester groups is 2. The van der Waals surface area contributed by atoms with Gasteiger partial charge in [0.1, 0.15) is 19.3 Å². The summed E-state index contributed by atoms with van der Waals surface area (Å²) >= 11 is 0. The quantitative estimate of drug-likeness (QED) is 0.0169. The fourth-order valence-corrected chi connectivity index (χ4v) is 13.2. The van der Waals surface area contributed by atoms with Crippen molar-refractivity contribution < 1.29 is 80.2 Å². The van der Waals surface area contributed by atoms with Gasteiger partial charge in [0, 0.05) is 25.7 Å². The van der Waals surface area contributed by atoms with Gasteiger partial charge >= 0.3 is 39.5 Å². The number of aliphatic hydroxyl groups excluding tert-OH is 1. The zero-order valence-electron chi connectivity index (χ0n) is 65.3. The second-order valence-electron chi connectivity index (χ2n) is 28.1. The maximum absolute atomic E-state index is 13.1. The van der Waals surface area contributed by atoms with Crippen LogP contribution in [-0.4, -0.2) is 96.7 Å². The highest BCUT2D eigenvalue weighted by Crippen LogP contribution is 2.45. The van der Waals surface area contributed by atoms with Crippen LogP contribution in [0.4, 0.5) is 0 Å². The smallest absolute Gasteiger partial charge is 0.462 e. The van der Waals surface area contributed by atoms with Crippen molar-refractivity contribution in [1.82, 2.24) is 0 Å². The summed E-state index contributed by atoms with van der Waals surface area (Å²) in [5.41, 5.74) is 0. The Hall–Kier alpha value is -3.24. The first-order valence-corrected chi connectivity index (χ1v) is 44.5. The van der Waals surface area contributed by atoms with E-state index in [-0.39, 0.29) is 25.7 Å². The Labute approximate surface area is 622 Å². The van der Waals surface area contributed by atoms with E-state index in [0.29, 0.717) is 25.7 Å². The Morgan fingerprint density at radius 3 is 0.755 bits per heavy atom. The molecule has 19 heteroatoms. The van der Waals surface area contributed by atoms with Crippen molar-refractivity contribution in [3.8, 4) is 0 Å². The predicted molar refractivity (Wildman–Crippen MR) is 418 cm³/mol. The molecule has 0 spiro atoms. The van der Waals surface area contributed by atoms with E-state index in [4.69, 9.17) is 37.0 Å². The van der Waals surface area contributed by atoms with Crippen molar-refractivity contribution in [3.05, 3.63) is 60.8 Å². The number of unbranched alkanes of at least 4 members (excludes halogenated alkanes) is 43. The Balaban J connectivity index is 5.35. The van der Waals surface area contributed by atoms with E-state index in [1.54, 1.807) is 0 Å². The SMILES string of the molecule is CCCCC/C=C\C/C=C\CCCCCCCC(=O)OC[C@H](COP(=O)(O)OC[C@@H](O)COP(=O)(O)OC[C@@H](COC(=O)CCCCCCC/C=C\CCCCCCCC)OC(=O)CCCCCCC/C=C\C/C=C\CCCCC)OC(=O)CCCCCCCCCCCCCCCCCCC. The lowest BCUT2D eigenvalue weighted by Gasteiger charge is -2.21. The zero-order valence-corrected chi connectivity index (χ0v) is 67.1. The van der Waals surface area contributed by atoms with Crippen molar-refractivity contribution in [2.75, 3.05) is 39.6 Å². The molecular formula is C83H152O17P2. The van der Waals surface area contributed by atoms with Crippen LogP contribution in [-0.2, 0) is 65.4 Å². The molecule has 0 aliphatic heterocycles. The number of ether oxygens (including phenoxy) is 4. The van der Waals surface area contributed by atoms with E-state index in [1.165, 1.54) is 154 Å². The third kappa shape index (κ3) is 75.0. The van der Waals surface area contributed by atoms with Gasteiger partial charge in [-0.3, -0.25) is 37.3 Å². The van der Waals surface area contributed by atoms with Crippen LogP contribution in [0.2, 0.25) is 0 Å². The minimum atomic E-state index is -4.98. The number of esters is 4. The number of rotatable bonds is 79. The normalized spacial score (nSPS) is 14.1. The first-order chi connectivity index (χ1) is 49.7. The molecule has 0 amide bonds. The number of hydrogen-bond donors (Lipinski definition) is 3. The van der Waals surface area contributed by atoms with E-state index in [2.05, 4.69) is 88.5 Å². The van der Waals surface area contributed by atoms with Gasteiger partial charge in [-0.05, 0) is 116 Å². The third-order valence-corrected chi connectivity index (χ3v) is 19.9. The summed E-state index contributed by atoms with van der Waals surface area (Å²) < 4.78 is 68.7. The topological polar surface area (TPSA) is 237 Å². The molecule has 0 aromatic rings. The predicted octanol–water partition coefficient (Wildman–Crippen LogP) is 24.2. The molecule has 0 saturated carbocycles. The van der Waals surface area contributed by atoms with Gasteiger partial charge in [0.2, 0.25) is 0 Å². The fraction of sp³-hybridized carbons (Fsp3) is 0.831. The van der Waals surface area contributed by atoms with Gasteiger partial charge in [-0.15, -0.1) is 0 Å². The summed E-state index contributed by atoms with van der Waals surface area (Å²) in [5.74, 6) is -2.18. The molecule has 102 heavy (non-hydrogen) atoms. The second kappa shape index (κ2) is 76.0. The molecule has 17 nitrogen and oxygen atoms in total. The maximum atomic E-state index is 13.1. The summed E-state index contributed by atoms with van der Waals surface area (Å²) in [5, 5.41) is 10.7. The maximum Gasteiger partial charge on any atom is 0.472 e. The average molecular weight is 1480 g/mol. The van der Waals surface area contributed by atoms with Crippen LogP contribution in [0, 0.1) is 0 Å². The van der Waals surface area contributed by atoms with Crippen LogP contribution >= 0.6 is 15.6 Å². The van der Waals surface area contributed by atoms with E-state index in [9.17, 15) is 43.2 Å². The molecule has 5 atom stereocenters. The summed E-state index contributed by atoms with van der Waals surface area (Å²) in [6.45, 7) is 4.87. The molecule has 3 N–H and O–H groups in total. The Bertz CT molecular complexity index is 2170. The lowest BCUT2D eigenvalue weighted by atomic mass is 10.0. The molecule has 0 aromatic heterocycles. The van der Waals surface area contributed by atoms with Gasteiger partial charge in [0.05, 0.1) is 26.4 Å². The highest BCUT2D eigenvalue weighted by atomic mass is 31.2. The Morgan fingerprint density at radius 1 is 0.275 bits per heavy atom. The monoisotopic (exact) mass is 1480 g/mol. The lowest BCUT2D eigenvalue weighted by Crippen LogP contribution is -2.30. The molecule has 0 bridgehead atoms. The van der Waals surface area contributed by atoms with Crippen LogP contribution in [0.3, 0.4) is 0 Å². The van der Waals surface area contributed by atoms with Gasteiger partial charge in [-0.25, -0.2) is 9.13 Å². The highest BCUT2D eigenvalue weighted by Gasteiger charge is 2.30. The van der Waals surface area contributed by atoms with Gasteiger partial charge in [-0.1, -0.05) is 307 Å². The molecule has 0 rings (SSSR count). The number of carbonyl (C=O) groups is 4. The van der Waals surface area contributed by atoms with Gasteiger partial charge in [-0.2, -0.15) is 0 Å². The number of allylic oxidation sites excluding steroid dienone is 10. The van der Waals surface area contributed by atoms with Crippen molar-refractivity contribution in [1.29, 1.82) is 0 Å². The summed E-state index contributed by atoms with van der Waals surface area (Å²) in [7, 11) is -9.95. The van der Waals surface area contributed by atoms with Crippen LogP contribution < -0.4 is 0 Å². The van der Waals surface area contributed by atoms with Crippen molar-refractivity contribution >= 4 is 39.5 Å².